The van der Waals surface area contributed by atoms with Crippen LogP contribution in [0.15, 0.2) is 29.4 Å². The molecule has 4 rings (SSSR count). The molecule has 0 saturated heterocycles. The zero-order valence-corrected chi connectivity index (χ0v) is 12.0. The Morgan fingerprint density at radius 3 is 2.70 bits per heavy atom. The van der Waals surface area contributed by atoms with Gasteiger partial charge in [0.15, 0.2) is 0 Å². The molecule has 108 valence electrons. The lowest BCUT2D eigenvalue weighted by molar-refractivity contribution is -0.125. The van der Waals surface area contributed by atoms with Crippen LogP contribution in [0.2, 0.25) is 0 Å². The molecular formula is C13H17N3O3S. The largest absolute Gasteiger partial charge is 0.274 e. The van der Waals surface area contributed by atoms with Crippen LogP contribution < -0.4 is 4.72 Å². The van der Waals surface area contributed by atoms with Crippen molar-refractivity contribution in [3.63, 3.8) is 0 Å². The number of hydrogen-bond donors (Lipinski definition) is 1. The summed E-state index contributed by atoms with van der Waals surface area (Å²) in [5.74, 6) is -0.0426. The molecule has 0 aromatic carbocycles. The molecule has 0 spiro atoms. The first kappa shape index (κ1) is 13.4. The van der Waals surface area contributed by atoms with E-state index >= 15 is 0 Å². The van der Waals surface area contributed by atoms with Crippen molar-refractivity contribution in [3.05, 3.63) is 24.5 Å². The average Bonchev–Trinajstić information content (AvgIpc) is 2.87. The monoisotopic (exact) mass is 295 g/mol. The number of nitrogens with zero attached hydrogens (tertiary/aromatic N) is 2. The van der Waals surface area contributed by atoms with Crippen molar-refractivity contribution in [2.75, 3.05) is 0 Å². The highest BCUT2D eigenvalue weighted by molar-refractivity contribution is 7.90. The Morgan fingerprint density at radius 2 is 2.20 bits per heavy atom. The van der Waals surface area contributed by atoms with E-state index in [1.165, 1.54) is 17.1 Å². The summed E-state index contributed by atoms with van der Waals surface area (Å²) < 4.78 is 27.8. The van der Waals surface area contributed by atoms with Gasteiger partial charge in [-0.15, -0.1) is 0 Å². The highest BCUT2D eigenvalue weighted by Gasteiger charge is 2.37. The highest BCUT2D eigenvalue weighted by Crippen LogP contribution is 2.40. The van der Waals surface area contributed by atoms with E-state index < -0.39 is 15.9 Å². The quantitative estimate of drug-likeness (QED) is 0.837. The lowest BCUT2D eigenvalue weighted by Crippen LogP contribution is -2.42. The van der Waals surface area contributed by atoms with Crippen molar-refractivity contribution >= 4 is 15.9 Å². The summed E-state index contributed by atoms with van der Waals surface area (Å²) in [4.78, 5) is 12.3. The highest BCUT2D eigenvalue weighted by atomic mass is 32.2. The molecule has 7 heteroatoms. The van der Waals surface area contributed by atoms with Gasteiger partial charge in [0.1, 0.15) is 4.90 Å². The van der Waals surface area contributed by atoms with Crippen LogP contribution in [0, 0.1) is 17.8 Å². The molecule has 3 aliphatic carbocycles. The topological polar surface area (TPSA) is 81.1 Å². The molecule has 0 unspecified atom stereocenters. The summed E-state index contributed by atoms with van der Waals surface area (Å²) in [5.41, 5.74) is 0. The van der Waals surface area contributed by atoms with Crippen LogP contribution in [-0.2, 0) is 21.9 Å². The predicted molar refractivity (Wildman–Crippen MR) is 72.0 cm³/mol. The molecule has 1 aromatic rings. The van der Waals surface area contributed by atoms with Gasteiger partial charge in [-0.1, -0.05) is 12.2 Å². The van der Waals surface area contributed by atoms with E-state index in [1.807, 2.05) is 0 Å². The van der Waals surface area contributed by atoms with Crippen LogP contribution in [0.3, 0.4) is 0 Å². The maximum Gasteiger partial charge on any atom is 0.267 e. The maximum absolute atomic E-state index is 12.2. The van der Waals surface area contributed by atoms with Crippen molar-refractivity contribution in [1.29, 1.82) is 0 Å². The van der Waals surface area contributed by atoms with Gasteiger partial charge in [0.25, 0.3) is 10.0 Å². The fourth-order valence-electron chi connectivity index (χ4n) is 3.04. The van der Waals surface area contributed by atoms with Gasteiger partial charge in [-0.25, -0.2) is 13.1 Å². The van der Waals surface area contributed by atoms with Gasteiger partial charge >= 0.3 is 0 Å². The number of carbonyl (C=O) groups excluding carboxylic acids is 1. The number of nitrogens with one attached hydrogen (secondary N) is 1. The fraction of sp³-hybridized carbons (Fsp3) is 0.538. The molecule has 2 bridgehead atoms. The Kier molecular flexibility index (Phi) is 3.16. The summed E-state index contributed by atoms with van der Waals surface area (Å²) in [6.45, 7) is 0. The molecule has 1 saturated carbocycles. The summed E-state index contributed by atoms with van der Waals surface area (Å²) >= 11 is 0. The minimum Gasteiger partial charge on any atom is -0.274 e. The second-order valence-electron chi connectivity index (χ2n) is 5.55. The zero-order chi connectivity index (χ0) is 14.3. The minimum atomic E-state index is -3.81. The van der Waals surface area contributed by atoms with Gasteiger partial charge in [-0.05, 0) is 31.1 Å². The fourth-order valence-corrected chi connectivity index (χ4v) is 4.05. The van der Waals surface area contributed by atoms with Crippen LogP contribution in [0.1, 0.15) is 19.3 Å². The number of aryl methyl sites for hydroxylation is 1. The number of allylic oxidation sites excluding steroid dienone is 2. The van der Waals surface area contributed by atoms with Gasteiger partial charge in [0.05, 0.1) is 6.20 Å². The third kappa shape index (κ3) is 2.37. The number of hydrogen-bond acceptors (Lipinski definition) is 4. The van der Waals surface area contributed by atoms with E-state index in [4.69, 9.17) is 0 Å². The number of amides is 1. The van der Waals surface area contributed by atoms with Crippen molar-refractivity contribution in [1.82, 2.24) is 14.5 Å². The predicted octanol–water partition coefficient (Wildman–Crippen LogP) is 0.827. The first-order valence-electron chi connectivity index (χ1n) is 6.69. The first-order chi connectivity index (χ1) is 9.45. The summed E-state index contributed by atoms with van der Waals surface area (Å²) in [6.07, 6.45) is 9.62. The normalized spacial score (nSPS) is 28.6. The van der Waals surface area contributed by atoms with Crippen molar-refractivity contribution < 1.29 is 13.2 Å². The van der Waals surface area contributed by atoms with E-state index in [0.717, 1.165) is 19.3 Å². The van der Waals surface area contributed by atoms with Crippen LogP contribution >= 0.6 is 0 Å². The Bertz CT molecular complexity index is 662. The standard InChI is InChI=1S/C13H17N3O3S/c1-16-8-11(7-14-16)20(18,19)15-13(17)12-6-9-2-4-10(12)5-3-9/h2,4,7-10,12H,3,5-6H2,1H3,(H,15,17)/t9-,10+,12-/m1/s1. The van der Waals surface area contributed by atoms with Crippen LogP contribution in [0.4, 0.5) is 0 Å². The number of fused-ring (bicyclic) bond motifs is 2. The van der Waals surface area contributed by atoms with Gasteiger partial charge in [0.2, 0.25) is 5.91 Å². The molecule has 20 heavy (non-hydrogen) atoms. The summed E-state index contributed by atoms with van der Waals surface area (Å²) in [7, 11) is -2.18. The number of aromatic nitrogens is 2. The van der Waals surface area contributed by atoms with E-state index in [1.54, 1.807) is 7.05 Å². The van der Waals surface area contributed by atoms with E-state index in [9.17, 15) is 13.2 Å². The van der Waals surface area contributed by atoms with Crippen LogP contribution in [0.25, 0.3) is 0 Å². The second kappa shape index (κ2) is 4.73. The number of rotatable bonds is 3. The van der Waals surface area contributed by atoms with Gasteiger partial charge < -0.3 is 0 Å². The number of carbonyl (C=O) groups is 1. The first-order valence-corrected chi connectivity index (χ1v) is 8.17. The van der Waals surface area contributed by atoms with Gasteiger partial charge in [-0.2, -0.15) is 5.10 Å². The summed E-state index contributed by atoms with van der Waals surface area (Å²) in [5, 5.41) is 3.82. The second-order valence-corrected chi connectivity index (χ2v) is 7.23. The zero-order valence-electron chi connectivity index (χ0n) is 11.2. The Labute approximate surface area is 117 Å². The molecule has 1 fully saturated rings. The SMILES string of the molecule is Cn1cc(S(=O)(=O)NC(=O)[C@@H]2C[C@@H]3C=C[C@H]2CC3)cn1. The van der Waals surface area contributed by atoms with Crippen molar-refractivity contribution in [2.45, 2.75) is 24.2 Å². The molecule has 6 nitrogen and oxygen atoms in total. The maximum atomic E-state index is 12.2. The third-order valence-electron chi connectivity index (χ3n) is 4.14. The van der Waals surface area contributed by atoms with Gasteiger partial charge in [-0.3, -0.25) is 9.48 Å². The summed E-state index contributed by atoms with van der Waals surface area (Å²) in [6, 6.07) is 0. The van der Waals surface area contributed by atoms with Crippen molar-refractivity contribution in [2.24, 2.45) is 24.8 Å². The molecule has 1 amide bonds. The van der Waals surface area contributed by atoms with E-state index in [0.29, 0.717) is 5.92 Å². The number of sulfonamides is 1. The van der Waals surface area contributed by atoms with Crippen LogP contribution in [0.5, 0.6) is 0 Å². The third-order valence-corrected chi connectivity index (χ3v) is 5.44. The van der Waals surface area contributed by atoms with E-state index in [-0.39, 0.29) is 16.7 Å². The molecule has 1 N–H and O–H groups in total. The van der Waals surface area contributed by atoms with E-state index in [2.05, 4.69) is 22.0 Å². The minimum absolute atomic E-state index is 0.0184. The Morgan fingerprint density at radius 1 is 1.40 bits per heavy atom. The Balaban J connectivity index is 1.75. The van der Waals surface area contributed by atoms with Crippen molar-refractivity contribution in [3.8, 4) is 0 Å². The average molecular weight is 295 g/mol. The molecular weight excluding hydrogens is 278 g/mol. The lowest BCUT2D eigenvalue weighted by atomic mass is 9.69. The molecule has 1 heterocycles. The Hall–Kier alpha value is -1.63. The van der Waals surface area contributed by atoms with Gasteiger partial charge in [0, 0.05) is 19.2 Å². The lowest BCUT2D eigenvalue weighted by Gasteiger charge is -2.36. The van der Waals surface area contributed by atoms with Crippen LogP contribution in [-0.4, -0.2) is 24.1 Å². The smallest absolute Gasteiger partial charge is 0.267 e. The molecule has 0 radical (unpaired) electrons. The molecule has 0 aliphatic heterocycles. The molecule has 3 aliphatic rings. The molecule has 3 atom stereocenters. The molecule has 1 aromatic heterocycles.